The van der Waals surface area contributed by atoms with Crippen molar-refractivity contribution in [3.8, 4) is 17.4 Å². The van der Waals surface area contributed by atoms with E-state index in [-0.39, 0.29) is 0 Å². The lowest BCUT2D eigenvalue weighted by Gasteiger charge is -2.11. The molecule has 110 valence electrons. The molecule has 5 nitrogen and oxygen atoms in total. The van der Waals surface area contributed by atoms with Crippen LogP contribution in [-0.4, -0.2) is 16.0 Å². The summed E-state index contributed by atoms with van der Waals surface area (Å²) < 4.78 is 13.6. The fraction of sp³-hybridized carbons (Fsp3) is 0.267. The molecule has 0 bridgehead atoms. The Morgan fingerprint density at radius 1 is 1.29 bits per heavy atom. The number of rotatable bonds is 6. The molecule has 0 aliphatic rings. The van der Waals surface area contributed by atoms with Crippen molar-refractivity contribution in [2.24, 2.45) is 5.73 Å². The van der Waals surface area contributed by atoms with Gasteiger partial charge in [0, 0.05) is 18.1 Å². The van der Waals surface area contributed by atoms with Crippen LogP contribution in [0.2, 0.25) is 0 Å². The summed E-state index contributed by atoms with van der Waals surface area (Å²) in [7, 11) is 0. The zero-order valence-electron chi connectivity index (χ0n) is 11.8. The number of aromatic nitrogens is 2. The third kappa shape index (κ3) is 2.72. The Labute approximate surface area is 126 Å². The molecule has 0 atom stereocenters. The summed E-state index contributed by atoms with van der Waals surface area (Å²) in [5, 5.41) is 1.98. The highest BCUT2D eigenvalue weighted by atomic mass is 32.1. The van der Waals surface area contributed by atoms with Gasteiger partial charge >= 0.3 is 0 Å². The third-order valence-electron chi connectivity index (χ3n) is 3.04. The number of imidazole rings is 1. The quantitative estimate of drug-likeness (QED) is 0.758. The normalized spacial score (nSPS) is 11.0. The van der Waals surface area contributed by atoms with Crippen molar-refractivity contribution in [2.45, 2.75) is 19.9 Å². The molecule has 0 fully saturated rings. The summed E-state index contributed by atoms with van der Waals surface area (Å²) in [5.41, 5.74) is 6.68. The molecule has 0 saturated carbocycles. The second kappa shape index (κ2) is 6.15. The van der Waals surface area contributed by atoms with Crippen LogP contribution in [0.3, 0.4) is 0 Å². The van der Waals surface area contributed by atoms with Gasteiger partial charge in [0.15, 0.2) is 16.5 Å². The number of ether oxygens (including phenoxy) is 2. The molecule has 0 spiro atoms. The molecule has 1 aromatic carbocycles. The first-order valence-electron chi connectivity index (χ1n) is 6.87. The van der Waals surface area contributed by atoms with Gasteiger partial charge in [0.1, 0.15) is 5.69 Å². The molecule has 3 rings (SSSR count). The van der Waals surface area contributed by atoms with Crippen molar-refractivity contribution in [1.82, 2.24) is 9.38 Å². The van der Waals surface area contributed by atoms with Crippen molar-refractivity contribution >= 4 is 16.3 Å². The number of para-hydroxylation sites is 2. The van der Waals surface area contributed by atoms with Crippen LogP contribution >= 0.6 is 11.3 Å². The molecule has 21 heavy (non-hydrogen) atoms. The molecule has 0 aliphatic carbocycles. The summed E-state index contributed by atoms with van der Waals surface area (Å²) >= 11 is 1.55. The molecular weight excluding hydrogens is 286 g/mol. The van der Waals surface area contributed by atoms with Gasteiger partial charge < -0.3 is 15.2 Å². The monoisotopic (exact) mass is 303 g/mol. The number of fused-ring (bicyclic) bond motifs is 1. The average molecular weight is 303 g/mol. The Morgan fingerprint density at radius 2 is 2.10 bits per heavy atom. The molecule has 0 unspecified atom stereocenters. The molecular formula is C15H17N3O2S. The van der Waals surface area contributed by atoms with Crippen LogP contribution in [0.4, 0.5) is 0 Å². The van der Waals surface area contributed by atoms with Gasteiger partial charge in [0.2, 0.25) is 5.88 Å². The van der Waals surface area contributed by atoms with E-state index < -0.39 is 0 Å². The van der Waals surface area contributed by atoms with E-state index in [1.807, 2.05) is 40.2 Å². The van der Waals surface area contributed by atoms with E-state index in [0.717, 1.165) is 22.8 Å². The number of thiazole rings is 1. The minimum Gasteiger partial charge on any atom is -0.490 e. The molecule has 2 heterocycles. The van der Waals surface area contributed by atoms with Gasteiger partial charge in [-0.25, -0.2) is 0 Å². The largest absolute Gasteiger partial charge is 0.490 e. The van der Waals surface area contributed by atoms with Crippen LogP contribution in [0.25, 0.3) is 4.96 Å². The maximum Gasteiger partial charge on any atom is 0.243 e. The zero-order chi connectivity index (χ0) is 14.7. The summed E-state index contributed by atoms with van der Waals surface area (Å²) in [5.74, 6) is 1.92. The predicted octanol–water partition coefficient (Wildman–Crippen LogP) is 3.44. The van der Waals surface area contributed by atoms with Crippen LogP contribution in [0.1, 0.15) is 19.0 Å². The van der Waals surface area contributed by atoms with Crippen molar-refractivity contribution in [1.29, 1.82) is 0 Å². The van der Waals surface area contributed by atoms with E-state index in [2.05, 4.69) is 11.9 Å². The van der Waals surface area contributed by atoms with Crippen LogP contribution in [0, 0.1) is 0 Å². The number of hydrogen-bond donors (Lipinski definition) is 1. The molecule has 3 aromatic rings. The standard InChI is InChI=1S/C15H17N3O2S/c1-2-8-19-12-5-3-4-6-13(12)20-14-11(10-16)18-7-9-21-15(18)17-14/h3-7,9H,2,8,10,16H2,1H3. The molecule has 0 saturated heterocycles. The minimum atomic E-state index is 0.366. The summed E-state index contributed by atoms with van der Waals surface area (Å²) in [6, 6.07) is 7.60. The van der Waals surface area contributed by atoms with Gasteiger partial charge in [-0.2, -0.15) is 4.98 Å². The number of benzene rings is 1. The second-order valence-corrected chi connectivity index (χ2v) is 5.39. The summed E-state index contributed by atoms with van der Waals surface area (Å²) in [6.07, 6.45) is 2.89. The van der Waals surface area contributed by atoms with E-state index >= 15 is 0 Å². The lowest BCUT2D eigenvalue weighted by Crippen LogP contribution is -2.02. The smallest absolute Gasteiger partial charge is 0.243 e. The third-order valence-corrected chi connectivity index (χ3v) is 3.79. The van der Waals surface area contributed by atoms with Gasteiger partial charge in [0.05, 0.1) is 6.61 Å². The van der Waals surface area contributed by atoms with E-state index in [0.29, 0.717) is 24.8 Å². The SMILES string of the molecule is CCCOc1ccccc1Oc1nc2sccn2c1CN. The Kier molecular flexibility index (Phi) is 4.08. The first-order chi connectivity index (χ1) is 10.3. The van der Waals surface area contributed by atoms with E-state index in [1.54, 1.807) is 11.3 Å². The Balaban J connectivity index is 1.93. The van der Waals surface area contributed by atoms with Crippen LogP contribution in [0.5, 0.6) is 17.4 Å². The maximum atomic E-state index is 5.94. The highest BCUT2D eigenvalue weighted by Gasteiger charge is 2.15. The van der Waals surface area contributed by atoms with Crippen molar-refractivity contribution in [3.63, 3.8) is 0 Å². The molecule has 0 amide bonds. The molecule has 2 N–H and O–H groups in total. The first-order valence-corrected chi connectivity index (χ1v) is 7.75. The fourth-order valence-corrected chi connectivity index (χ4v) is 2.77. The van der Waals surface area contributed by atoms with Gasteiger partial charge in [0.25, 0.3) is 0 Å². The van der Waals surface area contributed by atoms with E-state index in [9.17, 15) is 0 Å². The summed E-state index contributed by atoms with van der Waals surface area (Å²) in [4.78, 5) is 5.36. The lowest BCUT2D eigenvalue weighted by molar-refractivity contribution is 0.300. The molecule has 0 radical (unpaired) electrons. The van der Waals surface area contributed by atoms with Crippen LogP contribution in [-0.2, 0) is 6.54 Å². The molecule has 2 aromatic heterocycles. The maximum absolute atomic E-state index is 5.94. The average Bonchev–Trinajstić information content (AvgIpc) is 3.06. The predicted molar refractivity (Wildman–Crippen MR) is 83.3 cm³/mol. The van der Waals surface area contributed by atoms with Gasteiger partial charge in [-0.15, -0.1) is 11.3 Å². The van der Waals surface area contributed by atoms with Gasteiger partial charge in [-0.3, -0.25) is 4.40 Å². The Bertz CT molecular complexity index is 735. The van der Waals surface area contributed by atoms with Gasteiger partial charge in [-0.1, -0.05) is 19.1 Å². The van der Waals surface area contributed by atoms with Crippen LogP contribution < -0.4 is 15.2 Å². The highest BCUT2D eigenvalue weighted by molar-refractivity contribution is 7.15. The topological polar surface area (TPSA) is 61.8 Å². The first kappa shape index (κ1) is 13.9. The van der Waals surface area contributed by atoms with Gasteiger partial charge in [-0.05, 0) is 18.6 Å². The lowest BCUT2D eigenvalue weighted by atomic mass is 10.3. The van der Waals surface area contributed by atoms with Crippen LogP contribution in [0.15, 0.2) is 35.8 Å². The Morgan fingerprint density at radius 3 is 2.86 bits per heavy atom. The van der Waals surface area contributed by atoms with Crippen molar-refractivity contribution in [3.05, 3.63) is 41.5 Å². The van der Waals surface area contributed by atoms with E-state index in [1.165, 1.54) is 0 Å². The zero-order valence-corrected chi connectivity index (χ0v) is 12.6. The minimum absolute atomic E-state index is 0.366. The molecule has 6 heteroatoms. The number of nitrogens with zero attached hydrogens (tertiary/aromatic N) is 2. The summed E-state index contributed by atoms with van der Waals surface area (Å²) in [6.45, 7) is 3.09. The van der Waals surface area contributed by atoms with E-state index in [4.69, 9.17) is 15.2 Å². The van der Waals surface area contributed by atoms with Crippen molar-refractivity contribution in [2.75, 3.05) is 6.61 Å². The Hall–Kier alpha value is -2.05. The fourth-order valence-electron chi connectivity index (χ4n) is 2.05. The highest BCUT2D eigenvalue weighted by Crippen LogP contribution is 2.33. The second-order valence-electron chi connectivity index (χ2n) is 4.52. The molecule has 0 aliphatic heterocycles. The number of nitrogens with two attached hydrogens (primary N) is 1. The van der Waals surface area contributed by atoms with Crippen molar-refractivity contribution < 1.29 is 9.47 Å². The number of hydrogen-bond acceptors (Lipinski definition) is 5.